The summed E-state index contributed by atoms with van der Waals surface area (Å²) in [5, 5.41) is 2.89. The Bertz CT molecular complexity index is 663. The van der Waals surface area contributed by atoms with E-state index < -0.39 is 5.54 Å². The van der Waals surface area contributed by atoms with Gasteiger partial charge in [0.25, 0.3) is 5.91 Å². The number of carbonyl (C=O) groups excluding carboxylic acids is 2. The van der Waals surface area contributed by atoms with Gasteiger partial charge in [-0.05, 0) is 63.5 Å². The van der Waals surface area contributed by atoms with E-state index in [1.165, 1.54) is 0 Å². The molecular weight excluding hydrogens is 399 g/mol. The van der Waals surface area contributed by atoms with E-state index in [1.54, 1.807) is 24.3 Å². The summed E-state index contributed by atoms with van der Waals surface area (Å²) in [7, 11) is 3.97. The largest absolute Gasteiger partial charge is 0.337 e. The number of nitrogens with two attached hydrogens (primary N) is 1. The second-order valence-corrected chi connectivity index (χ2v) is 7.87. The zero-order valence-corrected chi connectivity index (χ0v) is 18.3. The summed E-state index contributed by atoms with van der Waals surface area (Å²) >= 11 is 0. The van der Waals surface area contributed by atoms with Crippen LogP contribution in [0.25, 0.3) is 0 Å². The van der Waals surface area contributed by atoms with Crippen molar-refractivity contribution in [1.29, 1.82) is 0 Å². The normalized spacial score (nSPS) is 21.2. The van der Waals surface area contributed by atoms with Crippen LogP contribution in [0.2, 0.25) is 0 Å². The summed E-state index contributed by atoms with van der Waals surface area (Å²) < 4.78 is 0. The molecule has 158 valence electrons. The summed E-state index contributed by atoms with van der Waals surface area (Å²) in [5.41, 5.74) is 6.76. The lowest BCUT2D eigenvalue weighted by molar-refractivity contribution is -0.121. The van der Waals surface area contributed by atoms with Crippen molar-refractivity contribution in [2.45, 2.75) is 50.1 Å². The molecular formula is C20H32Cl2N4O2. The molecule has 1 saturated heterocycles. The second-order valence-electron chi connectivity index (χ2n) is 7.87. The number of amides is 2. The molecule has 1 aromatic carbocycles. The Morgan fingerprint density at radius 2 is 1.75 bits per heavy atom. The van der Waals surface area contributed by atoms with Gasteiger partial charge in [0.05, 0.1) is 5.54 Å². The SMILES string of the molecule is CN1CCCC(N(C)C(=O)c2ccc(NC(=O)C3(N)CCCC3)cc2)C1.Cl.Cl. The fraction of sp³-hybridized carbons (Fsp3) is 0.600. The number of hydrogen-bond donors (Lipinski definition) is 2. The lowest BCUT2D eigenvalue weighted by Crippen LogP contribution is -2.48. The van der Waals surface area contributed by atoms with Crippen molar-refractivity contribution in [2.24, 2.45) is 5.73 Å². The van der Waals surface area contributed by atoms with Crippen molar-refractivity contribution >= 4 is 42.3 Å². The van der Waals surface area contributed by atoms with Gasteiger partial charge in [0.2, 0.25) is 5.91 Å². The van der Waals surface area contributed by atoms with E-state index in [4.69, 9.17) is 5.73 Å². The van der Waals surface area contributed by atoms with Crippen molar-refractivity contribution < 1.29 is 9.59 Å². The molecule has 1 aliphatic carbocycles. The summed E-state index contributed by atoms with van der Waals surface area (Å²) in [6, 6.07) is 7.37. The Morgan fingerprint density at radius 1 is 1.14 bits per heavy atom. The monoisotopic (exact) mass is 430 g/mol. The highest BCUT2D eigenvalue weighted by Crippen LogP contribution is 2.28. The quantitative estimate of drug-likeness (QED) is 0.769. The minimum Gasteiger partial charge on any atom is -0.337 e. The number of halogens is 2. The number of likely N-dealkylation sites (N-methyl/N-ethyl adjacent to an activating group) is 2. The molecule has 8 heteroatoms. The van der Waals surface area contributed by atoms with E-state index in [0.29, 0.717) is 11.3 Å². The molecule has 6 nitrogen and oxygen atoms in total. The second kappa shape index (κ2) is 10.4. The molecule has 2 aliphatic rings. The van der Waals surface area contributed by atoms with E-state index in [1.807, 2.05) is 11.9 Å². The molecule has 2 fully saturated rings. The van der Waals surface area contributed by atoms with E-state index in [9.17, 15) is 9.59 Å². The predicted molar refractivity (Wildman–Crippen MR) is 118 cm³/mol. The summed E-state index contributed by atoms with van der Waals surface area (Å²) in [4.78, 5) is 29.2. The van der Waals surface area contributed by atoms with Crippen LogP contribution < -0.4 is 11.1 Å². The summed E-state index contributed by atoms with van der Waals surface area (Å²) in [6.07, 6.45) is 5.62. The zero-order valence-electron chi connectivity index (χ0n) is 16.6. The third kappa shape index (κ3) is 5.60. The summed E-state index contributed by atoms with van der Waals surface area (Å²) in [6.45, 7) is 2.00. The Labute approximate surface area is 180 Å². The first kappa shape index (κ1) is 24.7. The summed E-state index contributed by atoms with van der Waals surface area (Å²) in [5.74, 6) is -0.106. The van der Waals surface area contributed by atoms with Gasteiger partial charge in [0.1, 0.15) is 0 Å². The van der Waals surface area contributed by atoms with Gasteiger partial charge in [-0.25, -0.2) is 0 Å². The van der Waals surface area contributed by atoms with Crippen LogP contribution in [-0.4, -0.2) is 60.4 Å². The van der Waals surface area contributed by atoms with Crippen LogP contribution >= 0.6 is 24.8 Å². The van der Waals surface area contributed by atoms with Crippen molar-refractivity contribution in [3.05, 3.63) is 29.8 Å². The molecule has 1 atom stereocenters. The lowest BCUT2D eigenvalue weighted by Gasteiger charge is -2.35. The number of hydrogen-bond acceptors (Lipinski definition) is 4. The number of benzene rings is 1. The number of piperidine rings is 1. The number of nitrogens with zero attached hydrogens (tertiary/aromatic N) is 2. The average Bonchev–Trinajstić information content (AvgIpc) is 3.09. The van der Waals surface area contributed by atoms with Gasteiger partial charge in [0, 0.05) is 30.9 Å². The van der Waals surface area contributed by atoms with Crippen molar-refractivity contribution in [3.8, 4) is 0 Å². The molecule has 1 unspecified atom stereocenters. The molecule has 0 aromatic heterocycles. The van der Waals surface area contributed by atoms with Crippen molar-refractivity contribution in [3.63, 3.8) is 0 Å². The third-order valence-corrected chi connectivity index (χ3v) is 5.81. The number of rotatable bonds is 4. The smallest absolute Gasteiger partial charge is 0.253 e. The fourth-order valence-electron chi connectivity index (χ4n) is 4.01. The van der Waals surface area contributed by atoms with E-state index in [-0.39, 0.29) is 42.7 Å². The van der Waals surface area contributed by atoms with Gasteiger partial charge in [0.15, 0.2) is 0 Å². The highest BCUT2D eigenvalue weighted by molar-refractivity contribution is 5.99. The van der Waals surface area contributed by atoms with E-state index in [2.05, 4.69) is 17.3 Å². The van der Waals surface area contributed by atoms with Gasteiger partial charge in [-0.3, -0.25) is 9.59 Å². The molecule has 1 saturated carbocycles. The first-order chi connectivity index (χ1) is 12.4. The third-order valence-electron chi connectivity index (χ3n) is 5.81. The highest BCUT2D eigenvalue weighted by Gasteiger charge is 2.37. The number of nitrogens with one attached hydrogen (secondary N) is 1. The molecule has 1 aromatic rings. The van der Waals surface area contributed by atoms with Crippen LogP contribution in [0.5, 0.6) is 0 Å². The van der Waals surface area contributed by atoms with Gasteiger partial charge < -0.3 is 20.9 Å². The van der Waals surface area contributed by atoms with Crippen LogP contribution in [0.15, 0.2) is 24.3 Å². The maximum atomic E-state index is 12.7. The molecule has 1 aliphatic heterocycles. The Balaban J connectivity index is 0.00000196. The zero-order chi connectivity index (χ0) is 18.7. The minimum absolute atomic E-state index is 0. The average molecular weight is 431 g/mol. The molecule has 2 amide bonds. The van der Waals surface area contributed by atoms with Crippen LogP contribution in [0.3, 0.4) is 0 Å². The van der Waals surface area contributed by atoms with Gasteiger partial charge in [-0.2, -0.15) is 0 Å². The Hall–Kier alpha value is -1.34. The maximum absolute atomic E-state index is 12.7. The highest BCUT2D eigenvalue weighted by atomic mass is 35.5. The van der Waals surface area contributed by atoms with Crippen molar-refractivity contribution in [2.75, 3.05) is 32.5 Å². The standard InChI is InChI=1S/C20H30N4O2.2ClH/c1-23-13-5-6-17(14-23)24(2)18(25)15-7-9-16(10-8-15)22-19(26)20(21)11-3-4-12-20;;/h7-10,17H,3-6,11-14,21H2,1-2H3,(H,22,26);2*1H. The fourth-order valence-corrected chi connectivity index (χ4v) is 4.01. The van der Waals surface area contributed by atoms with Crippen LogP contribution in [-0.2, 0) is 4.79 Å². The van der Waals surface area contributed by atoms with Crippen LogP contribution in [0.4, 0.5) is 5.69 Å². The molecule has 3 rings (SSSR count). The molecule has 28 heavy (non-hydrogen) atoms. The Kier molecular flexibility index (Phi) is 9.21. The van der Waals surface area contributed by atoms with Gasteiger partial charge in [-0.15, -0.1) is 24.8 Å². The maximum Gasteiger partial charge on any atom is 0.253 e. The first-order valence-electron chi connectivity index (χ1n) is 9.55. The van der Waals surface area contributed by atoms with Crippen LogP contribution in [0.1, 0.15) is 48.9 Å². The molecule has 1 heterocycles. The van der Waals surface area contributed by atoms with E-state index in [0.717, 1.165) is 51.6 Å². The molecule has 3 N–H and O–H groups in total. The van der Waals surface area contributed by atoms with E-state index >= 15 is 0 Å². The molecule has 0 bridgehead atoms. The lowest BCUT2D eigenvalue weighted by atomic mass is 9.98. The van der Waals surface area contributed by atoms with Gasteiger partial charge in [-0.1, -0.05) is 12.8 Å². The Morgan fingerprint density at radius 3 is 2.32 bits per heavy atom. The number of likely N-dealkylation sites (tertiary alicyclic amines) is 1. The topological polar surface area (TPSA) is 78.7 Å². The first-order valence-corrected chi connectivity index (χ1v) is 9.55. The number of anilines is 1. The van der Waals surface area contributed by atoms with Crippen molar-refractivity contribution in [1.82, 2.24) is 9.80 Å². The molecule has 0 radical (unpaired) electrons. The van der Waals surface area contributed by atoms with Crippen LogP contribution in [0, 0.1) is 0 Å². The predicted octanol–water partition coefficient (Wildman–Crippen LogP) is 2.91. The minimum atomic E-state index is -0.748. The molecule has 0 spiro atoms. The number of carbonyl (C=O) groups is 2. The van der Waals surface area contributed by atoms with Gasteiger partial charge >= 0.3 is 0 Å².